The minimum Gasteiger partial charge on any atom is -0.342 e. The van der Waals surface area contributed by atoms with Crippen molar-refractivity contribution >= 4 is 11.8 Å². The number of carbonyl (C=O) groups excluding carboxylic acids is 2. The van der Waals surface area contributed by atoms with E-state index in [1.54, 1.807) is 0 Å². The Labute approximate surface area is 128 Å². The molecule has 0 aromatic carbocycles. The topological polar surface area (TPSA) is 43.9 Å². The molecule has 2 amide bonds. The minimum absolute atomic E-state index is 0.109. The number of rotatable bonds is 5. The van der Waals surface area contributed by atoms with E-state index in [0.29, 0.717) is 18.9 Å². The number of likely N-dealkylation sites (tertiary alicyclic amines) is 2. The van der Waals surface area contributed by atoms with E-state index < -0.39 is 0 Å². The first kappa shape index (κ1) is 16.3. The summed E-state index contributed by atoms with van der Waals surface area (Å²) in [7, 11) is 4.07. The molecule has 0 aromatic heterocycles. The smallest absolute Gasteiger partial charge is 0.228 e. The van der Waals surface area contributed by atoms with Gasteiger partial charge in [0, 0.05) is 32.6 Å². The Bertz CT molecular complexity index is 384. The van der Waals surface area contributed by atoms with Crippen LogP contribution < -0.4 is 0 Å². The molecule has 2 aliphatic heterocycles. The molecule has 2 rings (SSSR count). The van der Waals surface area contributed by atoms with Crippen molar-refractivity contribution in [3.05, 3.63) is 0 Å². The Kier molecular flexibility index (Phi) is 5.62. The molecule has 2 atom stereocenters. The normalized spacial score (nSPS) is 26.8. The molecule has 2 fully saturated rings. The average Bonchev–Trinajstić information content (AvgIpc) is 2.79. The van der Waals surface area contributed by atoms with E-state index in [9.17, 15) is 9.59 Å². The van der Waals surface area contributed by atoms with Crippen LogP contribution in [-0.4, -0.2) is 73.3 Å². The summed E-state index contributed by atoms with van der Waals surface area (Å²) in [6.07, 6.45) is 3.69. The van der Waals surface area contributed by atoms with Gasteiger partial charge in [-0.1, -0.05) is 6.92 Å². The zero-order valence-corrected chi connectivity index (χ0v) is 13.7. The minimum atomic E-state index is -0.109. The lowest BCUT2D eigenvalue weighted by molar-refractivity contribution is -0.137. The van der Waals surface area contributed by atoms with E-state index in [4.69, 9.17) is 0 Å². The number of amides is 2. The van der Waals surface area contributed by atoms with E-state index in [0.717, 1.165) is 39.0 Å². The number of nitrogens with zero attached hydrogens (tertiary/aromatic N) is 3. The zero-order chi connectivity index (χ0) is 15.4. The van der Waals surface area contributed by atoms with Crippen molar-refractivity contribution in [2.45, 2.75) is 32.6 Å². The Hall–Kier alpha value is -1.10. The standard InChI is InChI=1S/C16H29N3O2/c1-13-6-4-8-19(11-13)16(21)14-10-15(20)18(12-14)9-5-7-17(2)3/h13-14H,4-12H2,1-3H3. The second-order valence-corrected chi connectivity index (χ2v) is 6.93. The lowest BCUT2D eigenvalue weighted by Crippen LogP contribution is -2.43. The fourth-order valence-corrected chi connectivity index (χ4v) is 3.38. The van der Waals surface area contributed by atoms with Gasteiger partial charge >= 0.3 is 0 Å². The summed E-state index contributed by atoms with van der Waals surface area (Å²) in [5.41, 5.74) is 0. The maximum atomic E-state index is 12.6. The second kappa shape index (κ2) is 7.25. The maximum absolute atomic E-state index is 12.6. The van der Waals surface area contributed by atoms with Crippen LogP contribution >= 0.6 is 0 Å². The van der Waals surface area contributed by atoms with Gasteiger partial charge in [-0.25, -0.2) is 0 Å². The second-order valence-electron chi connectivity index (χ2n) is 6.93. The molecule has 2 heterocycles. The molecule has 2 saturated heterocycles. The first-order chi connectivity index (χ1) is 9.97. The highest BCUT2D eigenvalue weighted by molar-refractivity contribution is 5.89. The molecule has 5 nitrogen and oxygen atoms in total. The monoisotopic (exact) mass is 295 g/mol. The van der Waals surface area contributed by atoms with Crippen molar-refractivity contribution < 1.29 is 9.59 Å². The van der Waals surface area contributed by atoms with Crippen LogP contribution in [0.1, 0.15) is 32.6 Å². The van der Waals surface area contributed by atoms with Gasteiger partial charge < -0.3 is 14.7 Å². The van der Waals surface area contributed by atoms with Gasteiger partial charge in [0.2, 0.25) is 11.8 Å². The van der Waals surface area contributed by atoms with Crippen LogP contribution in [0.3, 0.4) is 0 Å². The van der Waals surface area contributed by atoms with Crippen molar-refractivity contribution in [3.8, 4) is 0 Å². The number of carbonyl (C=O) groups is 2. The van der Waals surface area contributed by atoms with Crippen LogP contribution in [0.5, 0.6) is 0 Å². The molecule has 0 aliphatic carbocycles. The van der Waals surface area contributed by atoms with E-state index >= 15 is 0 Å². The first-order valence-electron chi connectivity index (χ1n) is 8.18. The molecule has 0 radical (unpaired) electrons. The molecule has 21 heavy (non-hydrogen) atoms. The van der Waals surface area contributed by atoms with E-state index in [1.165, 1.54) is 6.42 Å². The number of hydrogen-bond donors (Lipinski definition) is 0. The van der Waals surface area contributed by atoms with Crippen LogP contribution in [0.4, 0.5) is 0 Å². The third-order valence-electron chi connectivity index (χ3n) is 4.57. The van der Waals surface area contributed by atoms with Gasteiger partial charge in [-0.15, -0.1) is 0 Å². The summed E-state index contributed by atoms with van der Waals surface area (Å²) in [5, 5.41) is 0. The quantitative estimate of drug-likeness (QED) is 0.761. The SMILES string of the molecule is CC1CCCN(C(=O)C2CC(=O)N(CCCN(C)C)C2)C1. The van der Waals surface area contributed by atoms with E-state index in [1.807, 2.05) is 23.9 Å². The predicted octanol–water partition coefficient (Wildman–Crippen LogP) is 1.05. The third kappa shape index (κ3) is 4.43. The van der Waals surface area contributed by atoms with Crippen molar-refractivity contribution in [2.24, 2.45) is 11.8 Å². The van der Waals surface area contributed by atoms with Gasteiger partial charge in [-0.3, -0.25) is 9.59 Å². The lowest BCUT2D eigenvalue weighted by Gasteiger charge is -2.32. The molecule has 120 valence electrons. The van der Waals surface area contributed by atoms with E-state index in [2.05, 4.69) is 11.8 Å². The Balaban J connectivity index is 1.82. The van der Waals surface area contributed by atoms with Gasteiger partial charge in [0.05, 0.1) is 5.92 Å². The highest BCUT2D eigenvalue weighted by Crippen LogP contribution is 2.23. The fourth-order valence-electron chi connectivity index (χ4n) is 3.38. The number of piperidine rings is 1. The molecule has 2 unspecified atom stereocenters. The van der Waals surface area contributed by atoms with Crippen LogP contribution in [0.2, 0.25) is 0 Å². The summed E-state index contributed by atoms with van der Waals surface area (Å²) < 4.78 is 0. The van der Waals surface area contributed by atoms with Crippen LogP contribution in [0.15, 0.2) is 0 Å². The van der Waals surface area contributed by atoms with Crippen molar-refractivity contribution in [1.82, 2.24) is 14.7 Å². The molecule has 0 saturated carbocycles. The van der Waals surface area contributed by atoms with Crippen molar-refractivity contribution in [1.29, 1.82) is 0 Å². The Morgan fingerprint density at radius 1 is 1.33 bits per heavy atom. The average molecular weight is 295 g/mol. The fraction of sp³-hybridized carbons (Fsp3) is 0.875. The molecule has 0 spiro atoms. The summed E-state index contributed by atoms with van der Waals surface area (Å²) in [6.45, 7) is 6.31. The lowest BCUT2D eigenvalue weighted by atomic mass is 9.98. The molecule has 0 bridgehead atoms. The van der Waals surface area contributed by atoms with Crippen molar-refractivity contribution in [3.63, 3.8) is 0 Å². The Morgan fingerprint density at radius 3 is 2.76 bits per heavy atom. The molecule has 5 heteroatoms. The summed E-state index contributed by atoms with van der Waals surface area (Å²) in [5.74, 6) is 0.834. The largest absolute Gasteiger partial charge is 0.342 e. The van der Waals surface area contributed by atoms with Crippen LogP contribution in [-0.2, 0) is 9.59 Å². The summed E-state index contributed by atoms with van der Waals surface area (Å²) >= 11 is 0. The zero-order valence-electron chi connectivity index (χ0n) is 13.7. The molecular weight excluding hydrogens is 266 g/mol. The molecular formula is C16H29N3O2. The maximum Gasteiger partial charge on any atom is 0.228 e. The van der Waals surface area contributed by atoms with Crippen molar-refractivity contribution in [2.75, 3.05) is 46.8 Å². The molecule has 2 aliphatic rings. The summed E-state index contributed by atoms with van der Waals surface area (Å²) in [4.78, 5) is 30.6. The predicted molar refractivity (Wildman–Crippen MR) is 82.8 cm³/mol. The Morgan fingerprint density at radius 2 is 2.10 bits per heavy atom. The number of hydrogen-bond acceptors (Lipinski definition) is 3. The van der Waals surface area contributed by atoms with Gasteiger partial charge in [0.1, 0.15) is 0 Å². The van der Waals surface area contributed by atoms with Crippen LogP contribution in [0, 0.1) is 11.8 Å². The van der Waals surface area contributed by atoms with Crippen LogP contribution in [0.25, 0.3) is 0 Å². The first-order valence-corrected chi connectivity index (χ1v) is 8.18. The highest BCUT2D eigenvalue weighted by atomic mass is 16.2. The molecule has 0 aromatic rings. The third-order valence-corrected chi connectivity index (χ3v) is 4.57. The molecule has 0 N–H and O–H groups in total. The summed E-state index contributed by atoms with van der Waals surface area (Å²) in [6, 6.07) is 0. The van der Waals surface area contributed by atoms with Gasteiger partial charge in [-0.05, 0) is 45.8 Å². The van der Waals surface area contributed by atoms with Gasteiger partial charge in [0.15, 0.2) is 0 Å². The van der Waals surface area contributed by atoms with Gasteiger partial charge in [0.25, 0.3) is 0 Å². The van der Waals surface area contributed by atoms with Gasteiger partial charge in [-0.2, -0.15) is 0 Å². The highest BCUT2D eigenvalue weighted by Gasteiger charge is 2.36. The van der Waals surface area contributed by atoms with E-state index in [-0.39, 0.29) is 17.7 Å².